The van der Waals surface area contributed by atoms with Crippen molar-refractivity contribution in [1.29, 1.82) is 0 Å². The zero-order chi connectivity index (χ0) is 27.0. The molecule has 0 bridgehead atoms. The molecule has 2 heterocycles. The summed E-state index contributed by atoms with van der Waals surface area (Å²) in [6.45, 7) is 2.25. The van der Waals surface area contributed by atoms with Crippen LogP contribution in [0.5, 0.6) is 0 Å². The number of hydrogen-bond donors (Lipinski definition) is 2. The molecule has 0 unspecified atom stereocenters. The number of nitrogens with one attached hydrogen (secondary N) is 2. The molecular weight excluding hydrogens is 495 g/mol. The summed E-state index contributed by atoms with van der Waals surface area (Å²) < 4.78 is 40.8. The summed E-state index contributed by atoms with van der Waals surface area (Å²) in [4.78, 5) is 35.3. The number of fused-ring (bicyclic) bond motifs is 1. The summed E-state index contributed by atoms with van der Waals surface area (Å²) in [6.07, 6.45) is -2.08. The van der Waals surface area contributed by atoms with Crippen LogP contribution in [0, 0.1) is 6.92 Å². The SMILES string of the molecule is CNc1ncc2cc(-c3cc(C(=O)Nc4cc(N5CCCC5=O)cc(C(F)(F)F)c4)ccc3C)ccc2n1. The van der Waals surface area contributed by atoms with E-state index in [1.54, 1.807) is 31.4 Å². The van der Waals surface area contributed by atoms with Gasteiger partial charge < -0.3 is 15.5 Å². The van der Waals surface area contributed by atoms with Gasteiger partial charge >= 0.3 is 6.18 Å². The second kappa shape index (κ2) is 9.77. The highest BCUT2D eigenvalue weighted by Gasteiger charge is 2.33. The van der Waals surface area contributed by atoms with Crippen molar-refractivity contribution < 1.29 is 22.8 Å². The first-order chi connectivity index (χ1) is 18.1. The minimum atomic E-state index is -4.64. The summed E-state index contributed by atoms with van der Waals surface area (Å²) in [5.41, 5.74) is 2.74. The average molecular weight is 520 g/mol. The van der Waals surface area contributed by atoms with Gasteiger partial charge in [-0.2, -0.15) is 13.2 Å². The van der Waals surface area contributed by atoms with Gasteiger partial charge in [0, 0.05) is 48.5 Å². The van der Waals surface area contributed by atoms with Crippen molar-refractivity contribution >= 4 is 40.0 Å². The minimum absolute atomic E-state index is 0.0372. The zero-order valence-corrected chi connectivity index (χ0v) is 20.7. The number of alkyl halides is 3. The maximum Gasteiger partial charge on any atom is 0.416 e. The summed E-state index contributed by atoms with van der Waals surface area (Å²) in [5.74, 6) is -0.299. The molecule has 1 aromatic heterocycles. The molecule has 1 saturated heterocycles. The van der Waals surface area contributed by atoms with E-state index in [2.05, 4.69) is 20.6 Å². The van der Waals surface area contributed by atoms with Crippen LogP contribution in [-0.2, 0) is 11.0 Å². The molecule has 10 heteroatoms. The molecule has 2 N–H and O–H groups in total. The van der Waals surface area contributed by atoms with Crippen LogP contribution in [0.25, 0.3) is 22.0 Å². The van der Waals surface area contributed by atoms with Gasteiger partial charge in [0.1, 0.15) is 0 Å². The number of amides is 2. The Morgan fingerprint density at radius 3 is 2.58 bits per heavy atom. The summed E-state index contributed by atoms with van der Waals surface area (Å²) in [6, 6.07) is 14.0. The Hall–Kier alpha value is -4.47. The van der Waals surface area contributed by atoms with E-state index in [1.807, 2.05) is 25.1 Å². The van der Waals surface area contributed by atoms with E-state index in [0.717, 1.165) is 39.7 Å². The number of carbonyl (C=O) groups is 2. The van der Waals surface area contributed by atoms with Crippen molar-refractivity contribution in [2.45, 2.75) is 25.9 Å². The van der Waals surface area contributed by atoms with Crippen LogP contribution in [0.3, 0.4) is 0 Å². The average Bonchev–Trinajstić information content (AvgIpc) is 3.33. The number of hydrogen-bond acceptors (Lipinski definition) is 5. The van der Waals surface area contributed by atoms with E-state index < -0.39 is 17.6 Å². The lowest BCUT2D eigenvalue weighted by molar-refractivity contribution is -0.137. The fraction of sp³-hybridized carbons (Fsp3) is 0.214. The van der Waals surface area contributed by atoms with Crippen molar-refractivity contribution in [1.82, 2.24) is 9.97 Å². The normalized spacial score (nSPS) is 13.7. The quantitative estimate of drug-likeness (QED) is 0.336. The molecular formula is C28H24F3N5O2. The van der Waals surface area contributed by atoms with Crippen LogP contribution in [0.2, 0.25) is 0 Å². The van der Waals surface area contributed by atoms with Crippen LogP contribution in [-0.4, -0.2) is 35.4 Å². The topological polar surface area (TPSA) is 87.2 Å². The van der Waals surface area contributed by atoms with Gasteiger partial charge in [0.2, 0.25) is 11.9 Å². The lowest BCUT2D eigenvalue weighted by Gasteiger charge is -2.19. The summed E-state index contributed by atoms with van der Waals surface area (Å²) in [7, 11) is 1.74. The molecule has 38 heavy (non-hydrogen) atoms. The first-order valence-corrected chi connectivity index (χ1v) is 12.0. The molecule has 0 atom stereocenters. The molecule has 2 amide bonds. The van der Waals surface area contributed by atoms with Gasteiger partial charge in [-0.25, -0.2) is 9.97 Å². The van der Waals surface area contributed by atoms with Crippen LogP contribution in [0.4, 0.5) is 30.5 Å². The highest BCUT2D eigenvalue weighted by molar-refractivity contribution is 6.06. The number of aryl methyl sites for hydroxylation is 1. The highest BCUT2D eigenvalue weighted by Crippen LogP contribution is 2.36. The van der Waals surface area contributed by atoms with Crippen LogP contribution < -0.4 is 15.5 Å². The zero-order valence-electron chi connectivity index (χ0n) is 20.7. The molecule has 1 aliphatic rings. The van der Waals surface area contributed by atoms with Gasteiger partial charge in [-0.15, -0.1) is 0 Å². The summed E-state index contributed by atoms with van der Waals surface area (Å²) in [5, 5.41) is 6.31. The molecule has 1 fully saturated rings. The maximum atomic E-state index is 13.6. The van der Waals surface area contributed by atoms with Gasteiger partial charge in [0.05, 0.1) is 11.1 Å². The number of nitrogens with zero attached hydrogens (tertiary/aromatic N) is 3. The van der Waals surface area contributed by atoms with Crippen molar-refractivity contribution in [2.24, 2.45) is 0 Å². The predicted octanol–water partition coefficient (Wildman–Crippen LogP) is 6.04. The Bertz CT molecular complexity index is 1570. The van der Waals surface area contributed by atoms with Crippen LogP contribution in [0.1, 0.15) is 34.3 Å². The predicted molar refractivity (Wildman–Crippen MR) is 140 cm³/mol. The number of halogens is 3. The molecule has 194 valence electrons. The molecule has 0 spiro atoms. The fourth-order valence-corrected chi connectivity index (χ4v) is 4.52. The van der Waals surface area contributed by atoms with E-state index in [-0.39, 0.29) is 29.3 Å². The smallest absolute Gasteiger partial charge is 0.357 e. The lowest BCUT2D eigenvalue weighted by Crippen LogP contribution is -2.24. The third-order valence-electron chi connectivity index (χ3n) is 6.50. The van der Waals surface area contributed by atoms with Crippen LogP contribution in [0.15, 0.2) is 60.8 Å². The standard InChI is InChI=1S/C28H24F3N5O2/c1-16-5-6-18(11-23(16)17-7-8-24-19(10-17)15-33-27(32-2)35-24)26(38)34-21-12-20(28(29,30)31)13-22(14-21)36-9-3-4-25(36)37/h5-8,10-15H,3-4,9H2,1-2H3,(H,34,38)(H,32,33,35). The largest absolute Gasteiger partial charge is 0.416 e. The Morgan fingerprint density at radius 1 is 1.05 bits per heavy atom. The van der Waals surface area contributed by atoms with Crippen molar-refractivity contribution in [3.05, 3.63) is 77.5 Å². The maximum absolute atomic E-state index is 13.6. The monoisotopic (exact) mass is 519 g/mol. The molecule has 1 aliphatic heterocycles. The molecule has 4 aromatic rings. The van der Waals surface area contributed by atoms with E-state index in [9.17, 15) is 22.8 Å². The second-order valence-electron chi connectivity index (χ2n) is 9.12. The van der Waals surface area contributed by atoms with Crippen molar-refractivity contribution in [2.75, 3.05) is 29.1 Å². The van der Waals surface area contributed by atoms with Crippen molar-refractivity contribution in [3.8, 4) is 11.1 Å². The first-order valence-electron chi connectivity index (χ1n) is 12.0. The molecule has 5 rings (SSSR count). The number of rotatable bonds is 5. The van der Waals surface area contributed by atoms with Gasteiger partial charge in [-0.3, -0.25) is 9.59 Å². The molecule has 3 aromatic carbocycles. The van der Waals surface area contributed by atoms with E-state index in [1.165, 1.54) is 11.0 Å². The molecule has 0 radical (unpaired) electrons. The molecule has 7 nitrogen and oxygen atoms in total. The number of carbonyl (C=O) groups excluding carboxylic acids is 2. The third kappa shape index (κ3) is 5.02. The summed E-state index contributed by atoms with van der Waals surface area (Å²) >= 11 is 0. The first kappa shape index (κ1) is 25.2. The van der Waals surface area contributed by atoms with E-state index >= 15 is 0 Å². The Kier molecular flexibility index (Phi) is 6.48. The van der Waals surface area contributed by atoms with E-state index in [0.29, 0.717) is 18.9 Å². The number of anilines is 3. The number of aromatic nitrogens is 2. The molecule has 0 aliphatic carbocycles. The third-order valence-corrected chi connectivity index (χ3v) is 6.50. The Morgan fingerprint density at radius 2 is 1.87 bits per heavy atom. The van der Waals surface area contributed by atoms with Gasteiger partial charge in [-0.05, 0) is 72.5 Å². The minimum Gasteiger partial charge on any atom is -0.357 e. The van der Waals surface area contributed by atoms with Gasteiger partial charge in [-0.1, -0.05) is 12.1 Å². The van der Waals surface area contributed by atoms with Gasteiger partial charge in [0.15, 0.2) is 0 Å². The van der Waals surface area contributed by atoms with Crippen molar-refractivity contribution in [3.63, 3.8) is 0 Å². The van der Waals surface area contributed by atoms with E-state index in [4.69, 9.17) is 0 Å². The Labute approximate surface area is 216 Å². The second-order valence-corrected chi connectivity index (χ2v) is 9.12. The highest BCUT2D eigenvalue weighted by atomic mass is 19.4. The van der Waals surface area contributed by atoms with Gasteiger partial charge in [0.25, 0.3) is 5.91 Å². The molecule has 0 saturated carbocycles. The lowest BCUT2D eigenvalue weighted by atomic mass is 9.97. The fourth-order valence-electron chi connectivity index (χ4n) is 4.52. The van der Waals surface area contributed by atoms with Crippen LogP contribution >= 0.6 is 0 Å². The Balaban J connectivity index is 1.46. The number of benzene rings is 3.